The van der Waals surface area contributed by atoms with E-state index in [1.165, 1.54) is 5.56 Å². The SMILES string of the molecule is Cc1cc2c(cc1C(N)=O)CN(c1ccc(CN3CCC(n4c(=O)[nH]c5ccccc54)CC3)cc1)C(c1ccccc1)=N2. The number of anilines is 1. The van der Waals surface area contributed by atoms with Gasteiger partial charge in [-0.05, 0) is 72.9 Å². The Morgan fingerprint density at radius 2 is 1.67 bits per heavy atom. The number of nitrogens with one attached hydrogen (secondary N) is 1. The number of amides is 1. The largest absolute Gasteiger partial charge is 0.366 e. The number of fused-ring (bicyclic) bond motifs is 2. The maximum Gasteiger partial charge on any atom is 0.326 e. The van der Waals surface area contributed by atoms with E-state index in [0.29, 0.717) is 12.1 Å². The average molecular weight is 571 g/mol. The predicted molar refractivity (Wildman–Crippen MR) is 171 cm³/mol. The molecule has 2 aliphatic heterocycles. The summed E-state index contributed by atoms with van der Waals surface area (Å²) in [5, 5.41) is 0. The molecule has 5 aromatic rings. The second kappa shape index (κ2) is 11.0. The van der Waals surface area contributed by atoms with E-state index in [4.69, 9.17) is 10.7 Å². The fourth-order valence-corrected chi connectivity index (χ4v) is 6.49. The predicted octanol–water partition coefficient (Wildman–Crippen LogP) is 5.67. The molecule has 0 aliphatic carbocycles. The molecule has 7 rings (SSSR count). The van der Waals surface area contributed by atoms with E-state index in [-0.39, 0.29) is 11.7 Å². The lowest BCUT2D eigenvalue weighted by Gasteiger charge is -2.33. The number of piperidine rings is 1. The topological polar surface area (TPSA) is 99.7 Å². The molecule has 0 bridgehead atoms. The van der Waals surface area contributed by atoms with Gasteiger partial charge in [-0.15, -0.1) is 0 Å². The maximum absolute atomic E-state index is 12.7. The van der Waals surface area contributed by atoms with E-state index in [1.54, 1.807) is 0 Å². The van der Waals surface area contributed by atoms with E-state index < -0.39 is 5.91 Å². The minimum Gasteiger partial charge on any atom is -0.366 e. The normalized spacial score (nSPS) is 15.8. The lowest BCUT2D eigenvalue weighted by Crippen LogP contribution is -2.36. The molecule has 4 aromatic carbocycles. The first-order valence-corrected chi connectivity index (χ1v) is 14.8. The Morgan fingerprint density at radius 1 is 0.953 bits per heavy atom. The number of nitrogens with two attached hydrogens (primary N) is 1. The Balaban J connectivity index is 1.09. The smallest absolute Gasteiger partial charge is 0.326 e. The number of benzene rings is 4. The van der Waals surface area contributed by atoms with Gasteiger partial charge in [0, 0.05) is 42.5 Å². The van der Waals surface area contributed by atoms with Crippen molar-refractivity contribution in [2.45, 2.75) is 38.9 Å². The van der Waals surface area contributed by atoms with Crippen molar-refractivity contribution in [1.29, 1.82) is 0 Å². The number of rotatable bonds is 6. The third-order valence-electron chi connectivity index (χ3n) is 8.73. The van der Waals surface area contributed by atoms with E-state index in [0.717, 1.165) is 77.4 Å². The number of primary amides is 1. The molecule has 2 aliphatic rings. The van der Waals surface area contributed by atoms with Gasteiger partial charge in [0.1, 0.15) is 5.84 Å². The molecule has 0 spiro atoms. The number of aromatic nitrogens is 2. The van der Waals surface area contributed by atoms with Gasteiger partial charge in [-0.2, -0.15) is 0 Å². The van der Waals surface area contributed by atoms with Crippen LogP contribution in [-0.2, 0) is 13.1 Å². The summed E-state index contributed by atoms with van der Waals surface area (Å²) < 4.78 is 1.94. The zero-order valence-electron chi connectivity index (χ0n) is 24.2. The first-order valence-electron chi connectivity index (χ1n) is 14.8. The maximum atomic E-state index is 12.7. The van der Waals surface area contributed by atoms with Gasteiger partial charge < -0.3 is 15.6 Å². The molecule has 0 radical (unpaired) electrons. The summed E-state index contributed by atoms with van der Waals surface area (Å²) >= 11 is 0. The highest BCUT2D eigenvalue weighted by Crippen LogP contribution is 2.34. The van der Waals surface area contributed by atoms with Gasteiger partial charge in [0.05, 0.1) is 23.3 Å². The number of carbonyl (C=O) groups excluding carboxylic acids is 1. The van der Waals surface area contributed by atoms with Gasteiger partial charge in [-0.1, -0.05) is 54.6 Å². The Bertz CT molecular complexity index is 1900. The van der Waals surface area contributed by atoms with Crippen LogP contribution in [0.25, 0.3) is 11.0 Å². The molecule has 8 heteroatoms. The second-order valence-electron chi connectivity index (χ2n) is 11.5. The molecule has 8 nitrogen and oxygen atoms in total. The lowest BCUT2D eigenvalue weighted by atomic mass is 9.99. The van der Waals surface area contributed by atoms with Crippen LogP contribution < -0.4 is 16.3 Å². The van der Waals surface area contributed by atoms with Crippen molar-refractivity contribution in [2.75, 3.05) is 18.0 Å². The number of imidazole rings is 1. The molecular weight excluding hydrogens is 536 g/mol. The van der Waals surface area contributed by atoms with Crippen LogP contribution in [0.15, 0.2) is 101 Å². The summed E-state index contributed by atoms with van der Waals surface area (Å²) in [7, 11) is 0. The molecule has 43 heavy (non-hydrogen) atoms. The van der Waals surface area contributed by atoms with Crippen LogP contribution in [0.4, 0.5) is 11.4 Å². The van der Waals surface area contributed by atoms with Crippen molar-refractivity contribution in [3.8, 4) is 0 Å². The van der Waals surface area contributed by atoms with Gasteiger partial charge in [0.2, 0.25) is 5.91 Å². The molecule has 0 unspecified atom stereocenters. The van der Waals surface area contributed by atoms with Crippen LogP contribution in [0.3, 0.4) is 0 Å². The molecule has 216 valence electrons. The second-order valence-corrected chi connectivity index (χ2v) is 11.5. The van der Waals surface area contributed by atoms with E-state index >= 15 is 0 Å². The number of para-hydroxylation sites is 2. The highest BCUT2D eigenvalue weighted by atomic mass is 16.1. The Morgan fingerprint density at radius 3 is 2.42 bits per heavy atom. The van der Waals surface area contributed by atoms with Gasteiger partial charge in [0.15, 0.2) is 0 Å². The minimum atomic E-state index is -0.424. The third kappa shape index (κ3) is 5.15. The standard InChI is InChI=1S/C35H34N6O2/c1-23-19-31-26(20-29(23)33(36)42)22-40(34(37-31)25-7-3-2-4-8-25)27-13-11-24(12-14-27)21-39-17-15-28(16-18-39)41-32-10-6-5-9-30(32)38-35(41)43/h2-14,19-20,28H,15-18,21-22H2,1H3,(H2,36,42)(H,38,43). The molecular formula is C35H34N6O2. The van der Waals surface area contributed by atoms with Crippen molar-refractivity contribution in [3.05, 3.63) is 129 Å². The summed E-state index contributed by atoms with van der Waals surface area (Å²) in [5.74, 6) is 0.452. The van der Waals surface area contributed by atoms with Crippen LogP contribution in [-0.4, -0.2) is 39.3 Å². The molecule has 1 fully saturated rings. The number of nitrogens with zero attached hydrogens (tertiary/aromatic N) is 4. The zero-order valence-corrected chi connectivity index (χ0v) is 24.2. The van der Waals surface area contributed by atoms with Crippen LogP contribution in [0.1, 0.15) is 51.5 Å². The summed E-state index contributed by atoms with van der Waals surface area (Å²) in [6.45, 7) is 5.22. The van der Waals surface area contributed by atoms with Crippen molar-refractivity contribution < 1.29 is 4.79 Å². The highest BCUT2D eigenvalue weighted by molar-refractivity contribution is 6.12. The molecule has 0 saturated carbocycles. The van der Waals surface area contributed by atoms with E-state index in [2.05, 4.69) is 51.2 Å². The Labute approximate surface area is 250 Å². The van der Waals surface area contributed by atoms with Crippen LogP contribution in [0.2, 0.25) is 0 Å². The summed E-state index contributed by atoms with van der Waals surface area (Å²) in [6.07, 6.45) is 1.88. The monoisotopic (exact) mass is 570 g/mol. The molecule has 3 heterocycles. The van der Waals surface area contributed by atoms with E-state index in [9.17, 15) is 9.59 Å². The number of H-pyrrole nitrogens is 1. The minimum absolute atomic E-state index is 0.0185. The number of hydrogen-bond acceptors (Lipinski definition) is 5. The number of aliphatic imine (C=N–C) groups is 1. The molecule has 1 amide bonds. The van der Waals surface area contributed by atoms with Gasteiger partial charge >= 0.3 is 5.69 Å². The summed E-state index contributed by atoms with van der Waals surface area (Å²) in [5.41, 5.74) is 14.0. The number of likely N-dealkylation sites (tertiary alicyclic amines) is 1. The lowest BCUT2D eigenvalue weighted by molar-refractivity contribution is 0.0999. The summed E-state index contributed by atoms with van der Waals surface area (Å²) in [6, 6.07) is 30.8. The fourth-order valence-electron chi connectivity index (χ4n) is 6.49. The average Bonchev–Trinajstić information content (AvgIpc) is 3.37. The van der Waals surface area contributed by atoms with Gasteiger partial charge in [-0.25, -0.2) is 9.79 Å². The fraction of sp³-hybridized carbons (Fsp3) is 0.229. The zero-order chi connectivity index (χ0) is 29.5. The highest BCUT2D eigenvalue weighted by Gasteiger charge is 2.26. The van der Waals surface area contributed by atoms with Gasteiger partial charge in [-0.3, -0.25) is 14.3 Å². The Hall–Kier alpha value is -4.95. The van der Waals surface area contributed by atoms with Crippen molar-refractivity contribution in [1.82, 2.24) is 14.5 Å². The molecule has 0 atom stereocenters. The van der Waals surface area contributed by atoms with Crippen LogP contribution >= 0.6 is 0 Å². The van der Waals surface area contributed by atoms with Crippen LogP contribution in [0.5, 0.6) is 0 Å². The molecule has 1 aromatic heterocycles. The number of aryl methyl sites for hydroxylation is 1. The quantitative estimate of drug-likeness (QED) is 0.275. The van der Waals surface area contributed by atoms with Crippen molar-refractivity contribution in [2.24, 2.45) is 10.7 Å². The molecule has 3 N–H and O–H groups in total. The number of hydrogen-bond donors (Lipinski definition) is 2. The third-order valence-corrected chi connectivity index (χ3v) is 8.73. The summed E-state index contributed by atoms with van der Waals surface area (Å²) in [4.78, 5) is 37.4. The Kier molecular flexibility index (Phi) is 6.91. The van der Waals surface area contributed by atoms with Crippen molar-refractivity contribution >= 4 is 34.2 Å². The van der Waals surface area contributed by atoms with Crippen LogP contribution in [0, 0.1) is 6.92 Å². The first-order chi connectivity index (χ1) is 20.9. The first kappa shape index (κ1) is 26.9. The van der Waals surface area contributed by atoms with E-state index in [1.807, 2.05) is 66.1 Å². The number of aromatic amines is 1. The van der Waals surface area contributed by atoms with Gasteiger partial charge in [0.25, 0.3) is 0 Å². The number of amidine groups is 1. The number of carbonyl (C=O) groups is 1. The van der Waals surface area contributed by atoms with Crippen molar-refractivity contribution in [3.63, 3.8) is 0 Å². The molecule has 1 saturated heterocycles.